The highest BCUT2D eigenvalue weighted by Crippen LogP contribution is 2.23. The van der Waals surface area contributed by atoms with Gasteiger partial charge in [-0.3, -0.25) is 0 Å². The lowest BCUT2D eigenvalue weighted by Crippen LogP contribution is -2.22. The van der Waals surface area contributed by atoms with Gasteiger partial charge in [0.05, 0.1) is 0 Å². The number of nitrogens with one attached hydrogen (secondary N) is 1. The molecular weight excluding hydrogens is 230 g/mol. The maximum Gasteiger partial charge on any atom is 0.0329 e. The predicted octanol–water partition coefficient (Wildman–Crippen LogP) is 4.29. The molecule has 0 aromatic heterocycles. The Labute approximate surface area is 116 Å². The monoisotopic (exact) mass is 251 g/mol. The van der Waals surface area contributed by atoms with Crippen molar-refractivity contribution >= 4 is 10.8 Å². The highest BCUT2D eigenvalue weighted by Gasteiger charge is 2.10. The SMILES string of the molecule is C#CCCC(NCCC)c1ccc2ccccc2c1. The van der Waals surface area contributed by atoms with Crippen molar-refractivity contribution < 1.29 is 0 Å². The zero-order chi connectivity index (χ0) is 13.5. The van der Waals surface area contributed by atoms with Gasteiger partial charge in [0.25, 0.3) is 0 Å². The summed E-state index contributed by atoms with van der Waals surface area (Å²) in [6.45, 7) is 3.22. The highest BCUT2D eigenvalue weighted by atomic mass is 14.9. The van der Waals surface area contributed by atoms with Crippen molar-refractivity contribution in [2.75, 3.05) is 6.54 Å². The van der Waals surface area contributed by atoms with Crippen LogP contribution in [0.2, 0.25) is 0 Å². The molecule has 98 valence electrons. The zero-order valence-electron chi connectivity index (χ0n) is 11.5. The van der Waals surface area contributed by atoms with Crippen LogP contribution in [0.5, 0.6) is 0 Å². The van der Waals surface area contributed by atoms with Crippen molar-refractivity contribution in [1.82, 2.24) is 5.32 Å². The van der Waals surface area contributed by atoms with Crippen LogP contribution < -0.4 is 5.32 Å². The largest absolute Gasteiger partial charge is 0.310 e. The molecule has 2 aromatic rings. The van der Waals surface area contributed by atoms with Crippen LogP contribution >= 0.6 is 0 Å². The Kier molecular flexibility index (Phi) is 5.01. The first-order valence-electron chi connectivity index (χ1n) is 7.00. The molecular formula is C18H21N. The van der Waals surface area contributed by atoms with Gasteiger partial charge >= 0.3 is 0 Å². The number of fused-ring (bicyclic) bond motifs is 1. The van der Waals surface area contributed by atoms with Gasteiger partial charge in [-0.05, 0) is 41.8 Å². The van der Waals surface area contributed by atoms with Crippen LogP contribution in [0.25, 0.3) is 10.8 Å². The minimum atomic E-state index is 0.362. The number of benzene rings is 2. The molecule has 0 radical (unpaired) electrons. The van der Waals surface area contributed by atoms with Crippen LogP contribution in [0, 0.1) is 12.3 Å². The molecule has 0 fully saturated rings. The van der Waals surface area contributed by atoms with E-state index in [0.29, 0.717) is 6.04 Å². The molecule has 19 heavy (non-hydrogen) atoms. The molecule has 1 heteroatoms. The van der Waals surface area contributed by atoms with Gasteiger partial charge in [-0.15, -0.1) is 12.3 Å². The van der Waals surface area contributed by atoms with Crippen LogP contribution in [0.15, 0.2) is 42.5 Å². The highest BCUT2D eigenvalue weighted by molar-refractivity contribution is 5.83. The molecule has 0 amide bonds. The van der Waals surface area contributed by atoms with E-state index in [-0.39, 0.29) is 0 Å². The Bertz CT molecular complexity index is 565. The summed E-state index contributed by atoms with van der Waals surface area (Å²) in [5.41, 5.74) is 1.34. The van der Waals surface area contributed by atoms with Crippen molar-refractivity contribution in [2.45, 2.75) is 32.2 Å². The van der Waals surface area contributed by atoms with E-state index in [0.717, 1.165) is 25.8 Å². The summed E-state index contributed by atoms with van der Waals surface area (Å²) < 4.78 is 0. The van der Waals surface area contributed by atoms with Crippen molar-refractivity contribution in [3.8, 4) is 12.3 Å². The predicted molar refractivity (Wildman–Crippen MR) is 83.0 cm³/mol. The van der Waals surface area contributed by atoms with Crippen LogP contribution in [0.4, 0.5) is 0 Å². The first-order chi connectivity index (χ1) is 9.35. The van der Waals surface area contributed by atoms with Gasteiger partial charge in [-0.2, -0.15) is 0 Å². The molecule has 0 aliphatic rings. The fourth-order valence-corrected chi connectivity index (χ4v) is 2.36. The van der Waals surface area contributed by atoms with Crippen molar-refractivity contribution in [3.05, 3.63) is 48.0 Å². The molecule has 0 heterocycles. The molecule has 0 aliphatic carbocycles. The summed E-state index contributed by atoms with van der Waals surface area (Å²) in [4.78, 5) is 0. The molecule has 1 N–H and O–H groups in total. The molecule has 2 aromatic carbocycles. The molecule has 1 unspecified atom stereocenters. The average Bonchev–Trinajstić information content (AvgIpc) is 2.47. The summed E-state index contributed by atoms with van der Waals surface area (Å²) in [6.07, 6.45) is 8.34. The molecule has 0 aliphatic heterocycles. The number of terminal acetylenes is 1. The summed E-state index contributed by atoms with van der Waals surface area (Å²) >= 11 is 0. The lowest BCUT2D eigenvalue weighted by atomic mass is 9.98. The third-order valence-corrected chi connectivity index (χ3v) is 3.39. The van der Waals surface area contributed by atoms with Crippen LogP contribution in [0.3, 0.4) is 0 Å². The first-order valence-corrected chi connectivity index (χ1v) is 7.00. The van der Waals surface area contributed by atoms with Gasteiger partial charge < -0.3 is 5.32 Å². The van der Waals surface area contributed by atoms with Gasteiger partial charge in [-0.25, -0.2) is 0 Å². The maximum absolute atomic E-state index is 5.40. The topological polar surface area (TPSA) is 12.0 Å². The number of hydrogen-bond acceptors (Lipinski definition) is 1. The van der Waals surface area contributed by atoms with Gasteiger partial charge in [0.15, 0.2) is 0 Å². The van der Waals surface area contributed by atoms with Gasteiger partial charge in [0.2, 0.25) is 0 Å². The van der Waals surface area contributed by atoms with Gasteiger partial charge in [0, 0.05) is 12.5 Å². The van der Waals surface area contributed by atoms with Gasteiger partial charge in [0.1, 0.15) is 0 Å². The Morgan fingerprint density at radius 2 is 1.95 bits per heavy atom. The smallest absolute Gasteiger partial charge is 0.0329 e. The van der Waals surface area contributed by atoms with Crippen molar-refractivity contribution in [2.24, 2.45) is 0 Å². The van der Waals surface area contributed by atoms with E-state index in [9.17, 15) is 0 Å². The van der Waals surface area contributed by atoms with E-state index in [1.165, 1.54) is 16.3 Å². The molecule has 1 atom stereocenters. The number of rotatable bonds is 6. The number of hydrogen-bond donors (Lipinski definition) is 1. The third kappa shape index (κ3) is 3.59. The Hall–Kier alpha value is -1.78. The Morgan fingerprint density at radius 1 is 1.16 bits per heavy atom. The lowest BCUT2D eigenvalue weighted by Gasteiger charge is -2.18. The molecule has 0 spiro atoms. The summed E-state index contributed by atoms with van der Waals surface area (Å²) in [5.74, 6) is 2.74. The lowest BCUT2D eigenvalue weighted by molar-refractivity contribution is 0.506. The molecule has 0 saturated carbocycles. The summed E-state index contributed by atoms with van der Waals surface area (Å²) in [5, 5.41) is 6.17. The van der Waals surface area contributed by atoms with Crippen LogP contribution in [0.1, 0.15) is 37.8 Å². The summed E-state index contributed by atoms with van der Waals surface area (Å²) in [7, 11) is 0. The zero-order valence-corrected chi connectivity index (χ0v) is 11.5. The van der Waals surface area contributed by atoms with E-state index in [1.54, 1.807) is 0 Å². The second-order valence-corrected chi connectivity index (χ2v) is 4.86. The van der Waals surface area contributed by atoms with Crippen molar-refractivity contribution in [3.63, 3.8) is 0 Å². The second kappa shape index (κ2) is 6.97. The fraction of sp³-hybridized carbons (Fsp3) is 0.333. The maximum atomic E-state index is 5.40. The Balaban J connectivity index is 2.24. The van der Waals surface area contributed by atoms with Crippen LogP contribution in [-0.4, -0.2) is 6.54 Å². The molecule has 2 rings (SSSR count). The Morgan fingerprint density at radius 3 is 2.68 bits per heavy atom. The standard InChI is InChI=1S/C18H21N/c1-3-5-10-18(19-13-4-2)17-12-11-15-8-6-7-9-16(15)14-17/h1,6-9,11-12,14,18-19H,4-5,10,13H2,2H3. The third-order valence-electron chi connectivity index (χ3n) is 3.39. The normalized spacial score (nSPS) is 12.2. The van der Waals surface area contributed by atoms with E-state index in [2.05, 4.69) is 60.6 Å². The van der Waals surface area contributed by atoms with E-state index in [1.807, 2.05) is 0 Å². The van der Waals surface area contributed by atoms with E-state index < -0.39 is 0 Å². The minimum absolute atomic E-state index is 0.362. The molecule has 0 saturated heterocycles. The average molecular weight is 251 g/mol. The quantitative estimate of drug-likeness (QED) is 0.755. The second-order valence-electron chi connectivity index (χ2n) is 4.86. The van der Waals surface area contributed by atoms with E-state index >= 15 is 0 Å². The first kappa shape index (κ1) is 13.6. The van der Waals surface area contributed by atoms with Gasteiger partial charge in [-0.1, -0.05) is 43.3 Å². The van der Waals surface area contributed by atoms with E-state index in [4.69, 9.17) is 6.42 Å². The molecule has 1 nitrogen and oxygen atoms in total. The summed E-state index contributed by atoms with van der Waals surface area (Å²) in [6, 6.07) is 15.5. The molecule has 0 bridgehead atoms. The minimum Gasteiger partial charge on any atom is -0.310 e. The van der Waals surface area contributed by atoms with Crippen LogP contribution in [-0.2, 0) is 0 Å². The van der Waals surface area contributed by atoms with Crippen molar-refractivity contribution in [1.29, 1.82) is 0 Å². The fourth-order valence-electron chi connectivity index (χ4n) is 2.36.